The molecule has 1 aromatic carbocycles. The van der Waals surface area contributed by atoms with Gasteiger partial charge in [0.15, 0.2) is 11.4 Å². The molecule has 1 aromatic heterocycles. The van der Waals surface area contributed by atoms with Gasteiger partial charge in [-0.05, 0) is 43.0 Å². The number of hydrogen-bond donors (Lipinski definition) is 1. The third kappa shape index (κ3) is 5.69. The summed E-state index contributed by atoms with van der Waals surface area (Å²) in [6.07, 6.45) is 2.03. The van der Waals surface area contributed by atoms with E-state index < -0.39 is 30.0 Å². The Hall–Kier alpha value is -3.53. The second-order valence-electron chi connectivity index (χ2n) is 7.94. The second kappa shape index (κ2) is 11.1. The van der Waals surface area contributed by atoms with E-state index in [-0.39, 0.29) is 35.5 Å². The van der Waals surface area contributed by atoms with Gasteiger partial charge in [0.25, 0.3) is 5.91 Å². The highest BCUT2D eigenvalue weighted by atomic mass is 19.1. The summed E-state index contributed by atoms with van der Waals surface area (Å²) in [7, 11) is 2.68. The van der Waals surface area contributed by atoms with Crippen LogP contribution in [0.15, 0.2) is 30.5 Å². The molecule has 0 aliphatic heterocycles. The number of rotatable bonds is 8. The van der Waals surface area contributed by atoms with E-state index in [0.717, 1.165) is 11.1 Å². The molecule has 1 heterocycles. The van der Waals surface area contributed by atoms with Gasteiger partial charge in [0.05, 0.1) is 7.11 Å². The molecule has 2 unspecified atom stereocenters. The van der Waals surface area contributed by atoms with Crippen molar-refractivity contribution in [3.05, 3.63) is 53.1 Å². The molecular weight excluding hydrogens is 447 g/mol. The summed E-state index contributed by atoms with van der Waals surface area (Å²) in [5, 5.41) is 2.52. The van der Waals surface area contributed by atoms with Crippen LogP contribution < -0.4 is 14.8 Å². The van der Waals surface area contributed by atoms with Crippen LogP contribution in [0.4, 0.5) is 4.39 Å². The number of amides is 1. The van der Waals surface area contributed by atoms with Gasteiger partial charge >= 0.3 is 11.9 Å². The SMILES string of the molecule is COCC(=O)Oc1c(OC)ccnc1C(=O)N[C@@H](C)C(=O)OC1CCc2cc(F)ccc2C1C. The molecule has 10 heteroatoms. The van der Waals surface area contributed by atoms with E-state index in [4.69, 9.17) is 18.9 Å². The first-order valence-electron chi connectivity index (χ1n) is 10.8. The minimum absolute atomic E-state index is 0.117. The van der Waals surface area contributed by atoms with Crippen molar-refractivity contribution in [2.75, 3.05) is 20.8 Å². The highest BCUT2D eigenvalue weighted by molar-refractivity contribution is 5.98. The second-order valence-corrected chi connectivity index (χ2v) is 7.94. The first-order chi connectivity index (χ1) is 16.2. The summed E-state index contributed by atoms with van der Waals surface area (Å²) in [6, 6.07) is 5.02. The normalized spacial score (nSPS) is 17.8. The fraction of sp³-hybridized carbons (Fsp3) is 0.417. The number of aryl methyl sites for hydroxylation is 1. The zero-order valence-corrected chi connectivity index (χ0v) is 19.4. The number of carbonyl (C=O) groups excluding carboxylic acids is 3. The molecule has 1 amide bonds. The fourth-order valence-corrected chi connectivity index (χ4v) is 3.83. The zero-order valence-electron chi connectivity index (χ0n) is 19.4. The number of methoxy groups -OCH3 is 2. The Morgan fingerprint density at radius 2 is 2.00 bits per heavy atom. The predicted octanol–water partition coefficient (Wildman–Crippen LogP) is 2.56. The molecular formula is C24H27FN2O7. The van der Waals surface area contributed by atoms with Gasteiger partial charge in [0.1, 0.15) is 24.6 Å². The number of fused-ring (bicyclic) bond motifs is 1. The number of pyridine rings is 1. The zero-order chi connectivity index (χ0) is 24.8. The van der Waals surface area contributed by atoms with E-state index in [2.05, 4.69) is 10.3 Å². The molecule has 3 rings (SSSR count). The van der Waals surface area contributed by atoms with Gasteiger partial charge in [0, 0.05) is 25.3 Å². The number of nitrogens with one attached hydrogen (secondary N) is 1. The van der Waals surface area contributed by atoms with E-state index in [1.54, 1.807) is 6.07 Å². The summed E-state index contributed by atoms with van der Waals surface area (Å²) in [5.41, 5.74) is 1.61. The van der Waals surface area contributed by atoms with E-state index in [1.165, 1.54) is 45.5 Å². The van der Waals surface area contributed by atoms with Crippen molar-refractivity contribution in [1.82, 2.24) is 10.3 Å². The third-order valence-corrected chi connectivity index (χ3v) is 5.60. The monoisotopic (exact) mass is 474 g/mol. The quantitative estimate of drug-likeness (QED) is 0.581. The number of benzene rings is 1. The van der Waals surface area contributed by atoms with Crippen LogP contribution in [0.2, 0.25) is 0 Å². The van der Waals surface area contributed by atoms with Crippen molar-refractivity contribution in [2.24, 2.45) is 0 Å². The topological polar surface area (TPSA) is 113 Å². The highest BCUT2D eigenvalue weighted by Crippen LogP contribution is 2.34. The number of ether oxygens (including phenoxy) is 4. The Morgan fingerprint density at radius 3 is 2.71 bits per heavy atom. The lowest BCUT2D eigenvalue weighted by atomic mass is 9.82. The maximum absolute atomic E-state index is 13.5. The van der Waals surface area contributed by atoms with Gasteiger partial charge in [0.2, 0.25) is 5.75 Å². The number of nitrogens with zero attached hydrogens (tertiary/aromatic N) is 1. The van der Waals surface area contributed by atoms with Gasteiger partial charge in [-0.15, -0.1) is 0 Å². The molecule has 3 atom stereocenters. The maximum Gasteiger partial charge on any atom is 0.337 e. The van der Waals surface area contributed by atoms with Gasteiger partial charge < -0.3 is 24.3 Å². The Balaban J connectivity index is 1.68. The van der Waals surface area contributed by atoms with E-state index >= 15 is 0 Å². The van der Waals surface area contributed by atoms with Gasteiger partial charge in [-0.2, -0.15) is 0 Å². The lowest BCUT2D eigenvalue weighted by Gasteiger charge is -2.31. The number of carbonyl (C=O) groups is 3. The van der Waals surface area contributed by atoms with Crippen molar-refractivity contribution in [3.63, 3.8) is 0 Å². The van der Waals surface area contributed by atoms with E-state index in [9.17, 15) is 18.8 Å². The van der Waals surface area contributed by atoms with Crippen LogP contribution in [0.1, 0.15) is 47.8 Å². The maximum atomic E-state index is 13.5. The molecule has 0 spiro atoms. The third-order valence-electron chi connectivity index (χ3n) is 5.60. The molecule has 0 saturated heterocycles. The van der Waals surface area contributed by atoms with Crippen LogP contribution in [0, 0.1) is 5.82 Å². The summed E-state index contributed by atoms with van der Waals surface area (Å²) < 4.78 is 34.3. The van der Waals surface area contributed by atoms with Crippen LogP contribution in [0.5, 0.6) is 11.5 Å². The Labute approximate surface area is 196 Å². The van der Waals surface area contributed by atoms with Gasteiger partial charge in [-0.25, -0.2) is 19.0 Å². The fourth-order valence-electron chi connectivity index (χ4n) is 3.83. The first-order valence-corrected chi connectivity index (χ1v) is 10.8. The Bertz CT molecular complexity index is 1080. The van der Waals surface area contributed by atoms with Crippen molar-refractivity contribution in [2.45, 2.75) is 44.8 Å². The van der Waals surface area contributed by atoms with Crippen molar-refractivity contribution >= 4 is 17.8 Å². The van der Waals surface area contributed by atoms with Crippen LogP contribution >= 0.6 is 0 Å². The van der Waals surface area contributed by atoms with E-state index in [1.807, 2.05) is 6.92 Å². The molecule has 0 bridgehead atoms. The number of hydrogen-bond acceptors (Lipinski definition) is 8. The van der Waals surface area contributed by atoms with Crippen LogP contribution in [-0.4, -0.2) is 55.8 Å². The largest absolute Gasteiger partial charge is 0.493 e. The molecule has 9 nitrogen and oxygen atoms in total. The average molecular weight is 474 g/mol. The molecule has 34 heavy (non-hydrogen) atoms. The van der Waals surface area contributed by atoms with Gasteiger partial charge in [-0.3, -0.25) is 4.79 Å². The Kier molecular flexibility index (Phi) is 8.17. The van der Waals surface area contributed by atoms with Crippen LogP contribution in [-0.2, 0) is 25.5 Å². The molecule has 1 aliphatic rings. The molecule has 1 aliphatic carbocycles. The minimum atomic E-state index is -1.01. The highest BCUT2D eigenvalue weighted by Gasteiger charge is 2.32. The summed E-state index contributed by atoms with van der Waals surface area (Å²) in [4.78, 5) is 41.4. The van der Waals surface area contributed by atoms with Crippen molar-refractivity contribution in [3.8, 4) is 11.5 Å². The molecule has 2 aromatic rings. The van der Waals surface area contributed by atoms with Crippen LogP contribution in [0.25, 0.3) is 0 Å². The van der Waals surface area contributed by atoms with E-state index in [0.29, 0.717) is 12.8 Å². The lowest BCUT2D eigenvalue weighted by Crippen LogP contribution is -2.42. The molecule has 0 fully saturated rings. The van der Waals surface area contributed by atoms with Crippen molar-refractivity contribution < 1.29 is 37.7 Å². The smallest absolute Gasteiger partial charge is 0.337 e. The number of aromatic nitrogens is 1. The van der Waals surface area contributed by atoms with Gasteiger partial charge in [-0.1, -0.05) is 13.0 Å². The average Bonchev–Trinajstić information content (AvgIpc) is 2.80. The first kappa shape index (κ1) is 25.1. The summed E-state index contributed by atoms with van der Waals surface area (Å²) >= 11 is 0. The van der Waals surface area contributed by atoms with Crippen molar-refractivity contribution in [1.29, 1.82) is 0 Å². The standard InChI is InChI=1S/C24H27FN2O7/c1-13-17-7-6-16(25)11-15(17)5-8-18(13)33-24(30)14(2)27-23(29)21-22(34-20(28)12-31-3)19(32-4)9-10-26-21/h6-7,9-11,13-14,18H,5,8,12H2,1-4H3,(H,27,29)/t13?,14-,18?/m0/s1. The minimum Gasteiger partial charge on any atom is -0.493 e. The summed E-state index contributed by atoms with van der Waals surface area (Å²) in [5.74, 6) is -2.61. The molecule has 0 radical (unpaired) electrons. The predicted molar refractivity (Wildman–Crippen MR) is 118 cm³/mol. The number of halogens is 1. The molecule has 0 saturated carbocycles. The Morgan fingerprint density at radius 1 is 1.24 bits per heavy atom. The summed E-state index contributed by atoms with van der Waals surface area (Å²) in [6.45, 7) is 3.06. The number of esters is 2. The van der Waals surface area contributed by atoms with Crippen LogP contribution in [0.3, 0.4) is 0 Å². The molecule has 1 N–H and O–H groups in total. The lowest BCUT2D eigenvalue weighted by molar-refractivity contribution is -0.152. The molecule has 182 valence electrons.